The molecule has 0 aliphatic carbocycles. The summed E-state index contributed by atoms with van der Waals surface area (Å²) in [7, 11) is 0. The van der Waals surface area contributed by atoms with Crippen LogP contribution in [0, 0.1) is 5.92 Å². The summed E-state index contributed by atoms with van der Waals surface area (Å²) in [4.78, 5) is 2.61. The van der Waals surface area contributed by atoms with Gasteiger partial charge in [-0.3, -0.25) is 4.90 Å². The number of piperazine rings is 1. The summed E-state index contributed by atoms with van der Waals surface area (Å²) in [5, 5.41) is 3.65. The largest absolute Gasteiger partial charge is 0.380 e. The molecule has 0 spiro atoms. The molecule has 1 fully saturated rings. The second kappa shape index (κ2) is 7.46. The molecule has 1 atom stereocenters. The number of hydrogen-bond donors (Lipinski definition) is 1. The van der Waals surface area contributed by atoms with Gasteiger partial charge in [0.1, 0.15) is 0 Å². The van der Waals surface area contributed by atoms with Crippen LogP contribution in [-0.2, 0) is 4.74 Å². The molecule has 0 saturated carbocycles. The maximum Gasteiger partial charge on any atom is 0.0593 e. The second-order valence-electron chi connectivity index (χ2n) is 6.65. The number of nitrogens with one attached hydrogen (secondary N) is 1. The van der Waals surface area contributed by atoms with Crippen molar-refractivity contribution in [2.24, 2.45) is 5.92 Å². The SMILES string of the molecule is CCCC1CNC(C)(C)CN1CCOCC(C)C. The fourth-order valence-electron chi connectivity index (χ4n) is 2.60. The Labute approximate surface area is 113 Å². The van der Waals surface area contributed by atoms with Gasteiger partial charge in [-0.2, -0.15) is 0 Å². The third-order valence-electron chi connectivity index (χ3n) is 3.53. The Hall–Kier alpha value is -0.120. The monoisotopic (exact) mass is 256 g/mol. The number of ether oxygens (including phenoxy) is 1. The standard InChI is InChI=1S/C15H32N2O/c1-6-7-14-10-16-15(4,5)12-17(14)8-9-18-11-13(2)3/h13-14,16H,6-12H2,1-5H3. The highest BCUT2D eigenvalue weighted by atomic mass is 16.5. The van der Waals surface area contributed by atoms with Gasteiger partial charge in [-0.15, -0.1) is 0 Å². The highest BCUT2D eigenvalue weighted by molar-refractivity contribution is 4.91. The molecule has 18 heavy (non-hydrogen) atoms. The predicted molar refractivity (Wildman–Crippen MR) is 78.0 cm³/mol. The van der Waals surface area contributed by atoms with Gasteiger partial charge >= 0.3 is 0 Å². The predicted octanol–water partition coefficient (Wildman–Crippen LogP) is 2.51. The van der Waals surface area contributed by atoms with Gasteiger partial charge < -0.3 is 10.1 Å². The first-order chi connectivity index (χ1) is 8.44. The van der Waals surface area contributed by atoms with Crippen LogP contribution in [0.4, 0.5) is 0 Å². The Morgan fingerprint density at radius 1 is 1.39 bits per heavy atom. The molecule has 0 aromatic carbocycles. The zero-order chi connectivity index (χ0) is 13.6. The fourth-order valence-corrected chi connectivity index (χ4v) is 2.60. The third kappa shape index (κ3) is 5.68. The van der Waals surface area contributed by atoms with Crippen LogP contribution >= 0.6 is 0 Å². The van der Waals surface area contributed by atoms with Crippen molar-refractivity contribution in [1.82, 2.24) is 10.2 Å². The van der Waals surface area contributed by atoms with E-state index < -0.39 is 0 Å². The first kappa shape index (κ1) is 15.9. The van der Waals surface area contributed by atoms with Crippen LogP contribution in [0.1, 0.15) is 47.5 Å². The summed E-state index contributed by atoms with van der Waals surface area (Å²) in [6.07, 6.45) is 2.55. The molecule has 3 nitrogen and oxygen atoms in total. The van der Waals surface area contributed by atoms with E-state index in [9.17, 15) is 0 Å². The molecular weight excluding hydrogens is 224 g/mol. The molecular formula is C15H32N2O. The minimum atomic E-state index is 0.238. The zero-order valence-electron chi connectivity index (χ0n) is 13.0. The van der Waals surface area contributed by atoms with Gasteiger partial charge in [-0.25, -0.2) is 0 Å². The zero-order valence-corrected chi connectivity index (χ0v) is 13.0. The maximum absolute atomic E-state index is 5.73. The summed E-state index contributed by atoms with van der Waals surface area (Å²) < 4.78 is 5.73. The molecule has 1 saturated heterocycles. The van der Waals surface area contributed by atoms with Crippen molar-refractivity contribution in [3.63, 3.8) is 0 Å². The first-order valence-corrected chi connectivity index (χ1v) is 7.51. The number of nitrogens with zero attached hydrogens (tertiary/aromatic N) is 1. The molecule has 108 valence electrons. The molecule has 1 heterocycles. The number of rotatable bonds is 7. The highest BCUT2D eigenvalue weighted by Gasteiger charge is 2.31. The van der Waals surface area contributed by atoms with Gasteiger partial charge in [0.25, 0.3) is 0 Å². The van der Waals surface area contributed by atoms with Gasteiger partial charge in [-0.05, 0) is 26.2 Å². The van der Waals surface area contributed by atoms with Crippen LogP contribution in [0.3, 0.4) is 0 Å². The normalized spacial score (nSPS) is 24.7. The van der Waals surface area contributed by atoms with Crippen LogP contribution in [0.5, 0.6) is 0 Å². The lowest BCUT2D eigenvalue weighted by Crippen LogP contribution is -2.61. The first-order valence-electron chi connectivity index (χ1n) is 7.51. The Morgan fingerprint density at radius 2 is 2.11 bits per heavy atom. The van der Waals surface area contributed by atoms with E-state index in [0.29, 0.717) is 12.0 Å². The highest BCUT2D eigenvalue weighted by Crippen LogP contribution is 2.17. The van der Waals surface area contributed by atoms with Crippen LogP contribution in [-0.4, -0.2) is 49.3 Å². The van der Waals surface area contributed by atoms with E-state index in [1.807, 2.05) is 0 Å². The molecule has 3 heteroatoms. The summed E-state index contributed by atoms with van der Waals surface area (Å²) >= 11 is 0. The molecule has 0 aromatic rings. The molecule has 0 aromatic heterocycles. The average molecular weight is 256 g/mol. The molecule has 1 aliphatic heterocycles. The second-order valence-corrected chi connectivity index (χ2v) is 6.65. The van der Waals surface area contributed by atoms with Crippen molar-refractivity contribution in [3.8, 4) is 0 Å². The molecule has 1 unspecified atom stereocenters. The molecule has 1 N–H and O–H groups in total. The average Bonchev–Trinajstić information content (AvgIpc) is 2.27. The summed E-state index contributed by atoms with van der Waals surface area (Å²) in [5.74, 6) is 0.635. The minimum absolute atomic E-state index is 0.238. The molecule has 0 amide bonds. The molecule has 0 radical (unpaired) electrons. The summed E-state index contributed by atoms with van der Waals surface area (Å²) in [5.41, 5.74) is 0.238. The lowest BCUT2D eigenvalue weighted by atomic mass is 9.97. The van der Waals surface area contributed by atoms with Crippen molar-refractivity contribution in [2.75, 3.05) is 32.8 Å². The topological polar surface area (TPSA) is 24.5 Å². The smallest absolute Gasteiger partial charge is 0.0593 e. The van der Waals surface area contributed by atoms with E-state index in [4.69, 9.17) is 4.74 Å². The van der Waals surface area contributed by atoms with Crippen molar-refractivity contribution >= 4 is 0 Å². The minimum Gasteiger partial charge on any atom is -0.380 e. The Bertz CT molecular complexity index is 229. The summed E-state index contributed by atoms with van der Waals surface area (Å²) in [6.45, 7) is 16.3. The van der Waals surface area contributed by atoms with E-state index in [0.717, 1.165) is 32.8 Å². The quantitative estimate of drug-likeness (QED) is 0.708. The van der Waals surface area contributed by atoms with E-state index >= 15 is 0 Å². The Kier molecular flexibility index (Phi) is 6.61. The van der Waals surface area contributed by atoms with Gasteiger partial charge in [0.15, 0.2) is 0 Å². The van der Waals surface area contributed by atoms with Crippen LogP contribution in [0.25, 0.3) is 0 Å². The lowest BCUT2D eigenvalue weighted by Gasteiger charge is -2.44. The van der Waals surface area contributed by atoms with E-state index in [-0.39, 0.29) is 5.54 Å². The van der Waals surface area contributed by atoms with Crippen molar-refractivity contribution in [3.05, 3.63) is 0 Å². The summed E-state index contributed by atoms with van der Waals surface area (Å²) in [6, 6.07) is 0.686. The lowest BCUT2D eigenvalue weighted by molar-refractivity contribution is 0.0391. The van der Waals surface area contributed by atoms with Crippen molar-refractivity contribution < 1.29 is 4.74 Å². The van der Waals surface area contributed by atoms with E-state index in [1.165, 1.54) is 12.8 Å². The number of hydrogen-bond acceptors (Lipinski definition) is 3. The Morgan fingerprint density at radius 3 is 2.72 bits per heavy atom. The van der Waals surface area contributed by atoms with Gasteiger partial charge in [0.05, 0.1) is 6.61 Å². The van der Waals surface area contributed by atoms with Crippen molar-refractivity contribution in [2.45, 2.75) is 59.0 Å². The molecule has 0 bridgehead atoms. The van der Waals surface area contributed by atoms with Crippen molar-refractivity contribution in [1.29, 1.82) is 0 Å². The van der Waals surface area contributed by atoms with Crippen LogP contribution in [0.2, 0.25) is 0 Å². The third-order valence-corrected chi connectivity index (χ3v) is 3.53. The Balaban J connectivity index is 2.36. The maximum atomic E-state index is 5.73. The van der Waals surface area contributed by atoms with E-state index in [2.05, 4.69) is 44.8 Å². The van der Waals surface area contributed by atoms with Crippen LogP contribution < -0.4 is 5.32 Å². The van der Waals surface area contributed by atoms with Gasteiger partial charge in [0.2, 0.25) is 0 Å². The fraction of sp³-hybridized carbons (Fsp3) is 1.00. The van der Waals surface area contributed by atoms with Gasteiger partial charge in [0, 0.05) is 37.8 Å². The molecule has 1 rings (SSSR count). The van der Waals surface area contributed by atoms with Gasteiger partial charge in [-0.1, -0.05) is 27.2 Å². The van der Waals surface area contributed by atoms with E-state index in [1.54, 1.807) is 0 Å². The molecule has 1 aliphatic rings. The van der Waals surface area contributed by atoms with Crippen LogP contribution in [0.15, 0.2) is 0 Å².